The Bertz CT molecular complexity index is 989. The number of amides is 3. The molecule has 1 aliphatic heterocycles. The number of aliphatic imine (C=N–C) groups is 1. The molecule has 0 spiro atoms. The van der Waals surface area contributed by atoms with Crippen molar-refractivity contribution in [1.29, 1.82) is 0 Å². The number of aliphatic carboxylic acids is 2. The first kappa shape index (κ1) is 30.0. The van der Waals surface area contributed by atoms with Gasteiger partial charge in [-0.15, -0.1) is 0 Å². The number of nitrogens with one attached hydrogen (secondary N) is 5. The Kier molecular flexibility index (Phi) is 12.0. The van der Waals surface area contributed by atoms with Crippen LogP contribution >= 0.6 is 0 Å². The number of H-pyrrole nitrogens is 1. The molecule has 0 radical (unpaired) electrons. The molecule has 38 heavy (non-hydrogen) atoms. The van der Waals surface area contributed by atoms with Gasteiger partial charge in [0.25, 0.3) is 0 Å². The van der Waals surface area contributed by atoms with Crippen molar-refractivity contribution in [3.8, 4) is 0 Å². The predicted octanol–water partition coefficient (Wildman–Crippen LogP) is -2.84. The van der Waals surface area contributed by atoms with Crippen LogP contribution in [0, 0.1) is 0 Å². The molecule has 210 valence electrons. The van der Waals surface area contributed by atoms with E-state index in [-0.39, 0.29) is 38.2 Å². The maximum absolute atomic E-state index is 13.1. The molecule has 1 saturated heterocycles. The van der Waals surface area contributed by atoms with Crippen molar-refractivity contribution >= 4 is 35.6 Å². The molecule has 11 N–H and O–H groups in total. The summed E-state index contributed by atoms with van der Waals surface area (Å²) in [6.45, 7) is 0.788. The molecule has 4 atom stereocenters. The Morgan fingerprint density at radius 1 is 1.05 bits per heavy atom. The van der Waals surface area contributed by atoms with Crippen molar-refractivity contribution in [3.05, 3.63) is 18.2 Å². The molecule has 0 aliphatic carbocycles. The molecule has 2 rings (SSSR count). The van der Waals surface area contributed by atoms with E-state index < -0.39 is 60.2 Å². The van der Waals surface area contributed by atoms with Crippen molar-refractivity contribution in [2.75, 3.05) is 13.1 Å². The van der Waals surface area contributed by atoms with Gasteiger partial charge in [0.2, 0.25) is 17.7 Å². The van der Waals surface area contributed by atoms with Crippen LogP contribution in [0.1, 0.15) is 44.2 Å². The van der Waals surface area contributed by atoms with E-state index in [0.29, 0.717) is 18.7 Å². The minimum atomic E-state index is -1.32. The molecule has 0 bridgehead atoms. The topological polar surface area (TPSA) is 267 Å². The number of hydrogen-bond donors (Lipinski definition) is 9. The number of hydrogen-bond acceptors (Lipinski definition) is 8. The van der Waals surface area contributed by atoms with Crippen LogP contribution < -0.4 is 32.7 Å². The van der Waals surface area contributed by atoms with E-state index in [1.54, 1.807) is 0 Å². The summed E-state index contributed by atoms with van der Waals surface area (Å²) in [4.78, 5) is 72.1. The molecule has 1 aromatic rings. The highest BCUT2D eigenvalue weighted by Gasteiger charge is 2.31. The molecule has 1 aliphatic rings. The summed E-state index contributed by atoms with van der Waals surface area (Å²) in [7, 11) is 0. The lowest BCUT2D eigenvalue weighted by atomic mass is 10.1. The fraction of sp³-hybridized carbons (Fsp3) is 0.591. The third kappa shape index (κ3) is 10.4. The molecular weight excluding hydrogens is 502 g/mol. The number of imidazole rings is 1. The second kappa shape index (κ2) is 15.1. The minimum absolute atomic E-state index is 0.0362. The number of carboxylic acid groups (broad SMARTS) is 2. The van der Waals surface area contributed by atoms with E-state index in [4.69, 9.17) is 16.6 Å². The maximum Gasteiger partial charge on any atom is 0.326 e. The van der Waals surface area contributed by atoms with Crippen molar-refractivity contribution in [2.24, 2.45) is 16.5 Å². The highest BCUT2D eigenvalue weighted by molar-refractivity contribution is 5.94. The highest BCUT2D eigenvalue weighted by Crippen LogP contribution is 2.08. The number of guanidine groups is 1. The smallest absolute Gasteiger partial charge is 0.326 e. The first-order valence-electron chi connectivity index (χ1n) is 12.2. The van der Waals surface area contributed by atoms with Crippen LogP contribution in [0.15, 0.2) is 17.5 Å². The van der Waals surface area contributed by atoms with Crippen LogP contribution in [-0.2, 0) is 30.4 Å². The molecule has 3 amide bonds. The van der Waals surface area contributed by atoms with Crippen LogP contribution in [0.2, 0.25) is 0 Å². The van der Waals surface area contributed by atoms with E-state index >= 15 is 0 Å². The second-order valence-electron chi connectivity index (χ2n) is 8.83. The fourth-order valence-corrected chi connectivity index (χ4v) is 3.85. The van der Waals surface area contributed by atoms with Crippen LogP contribution in [0.25, 0.3) is 0 Å². The zero-order valence-corrected chi connectivity index (χ0v) is 20.8. The standard InChI is InChI=1S/C22H35N9O7/c23-22(24)27-8-2-4-14(19(35)31-16(21(37)38)9-12-10-25-11-28-12)29-20(36)15(5-6-17(32)33)30-18(34)13-3-1-7-26-13/h10-11,13-16,26H,1-9H2,(H,25,28)(H,29,36)(H,30,34)(H,31,35)(H,32,33)(H,37,38)(H4,23,24,27). The van der Waals surface area contributed by atoms with E-state index in [1.165, 1.54) is 12.5 Å². The number of carbonyl (C=O) groups is 5. The van der Waals surface area contributed by atoms with Gasteiger partial charge in [0.05, 0.1) is 12.4 Å². The zero-order valence-electron chi connectivity index (χ0n) is 20.8. The summed E-state index contributed by atoms with van der Waals surface area (Å²) in [6.07, 6.45) is 3.75. The zero-order chi connectivity index (χ0) is 28.1. The number of carboxylic acids is 2. The van der Waals surface area contributed by atoms with E-state index in [0.717, 1.165) is 6.42 Å². The van der Waals surface area contributed by atoms with Gasteiger partial charge in [0, 0.05) is 31.3 Å². The lowest BCUT2D eigenvalue weighted by molar-refractivity contribution is -0.142. The molecule has 1 fully saturated rings. The number of carbonyl (C=O) groups excluding carboxylic acids is 3. The van der Waals surface area contributed by atoms with Crippen LogP contribution in [-0.4, -0.2) is 93.1 Å². The lowest BCUT2D eigenvalue weighted by Gasteiger charge is -2.25. The largest absolute Gasteiger partial charge is 0.481 e. The SMILES string of the molecule is NC(N)=NCCCC(NC(=O)C(CCC(=O)O)NC(=O)C1CCCN1)C(=O)NC(Cc1cnc[nH]1)C(=O)O. The fourth-order valence-electron chi connectivity index (χ4n) is 3.85. The summed E-state index contributed by atoms with van der Waals surface area (Å²) >= 11 is 0. The van der Waals surface area contributed by atoms with Gasteiger partial charge in [-0.25, -0.2) is 9.78 Å². The molecule has 0 saturated carbocycles. The number of rotatable bonds is 16. The first-order valence-corrected chi connectivity index (χ1v) is 12.2. The Hall–Kier alpha value is -4.21. The van der Waals surface area contributed by atoms with Crippen LogP contribution in [0.5, 0.6) is 0 Å². The van der Waals surface area contributed by atoms with Crippen molar-refractivity contribution in [2.45, 2.75) is 69.1 Å². The van der Waals surface area contributed by atoms with E-state index in [9.17, 15) is 29.1 Å². The molecule has 16 nitrogen and oxygen atoms in total. The van der Waals surface area contributed by atoms with Gasteiger partial charge in [-0.3, -0.25) is 24.2 Å². The van der Waals surface area contributed by atoms with Crippen molar-refractivity contribution < 1.29 is 34.2 Å². The van der Waals surface area contributed by atoms with Gasteiger partial charge in [0.1, 0.15) is 18.1 Å². The molecule has 2 heterocycles. The van der Waals surface area contributed by atoms with Crippen LogP contribution in [0.3, 0.4) is 0 Å². The average Bonchev–Trinajstić information content (AvgIpc) is 3.57. The van der Waals surface area contributed by atoms with E-state index in [2.05, 4.69) is 36.2 Å². The monoisotopic (exact) mass is 537 g/mol. The van der Waals surface area contributed by atoms with Gasteiger partial charge < -0.3 is 47.9 Å². The Labute approximate surface area is 218 Å². The summed E-state index contributed by atoms with van der Waals surface area (Å²) in [6, 6.07) is -4.27. The second-order valence-corrected chi connectivity index (χ2v) is 8.83. The third-order valence-electron chi connectivity index (χ3n) is 5.83. The Balaban J connectivity index is 2.14. The normalized spacial score (nSPS) is 17.0. The van der Waals surface area contributed by atoms with Gasteiger partial charge in [0.15, 0.2) is 5.96 Å². The number of nitrogens with zero attached hydrogens (tertiary/aromatic N) is 2. The predicted molar refractivity (Wildman–Crippen MR) is 134 cm³/mol. The molecular formula is C22H35N9O7. The van der Waals surface area contributed by atoms with Crippen LogP contribution in [0.4, 0.5) is 0 Å². The molecule has 4 unspecified atom stereocenters. The van der Waals surface area contributed by atoms with Gasteiger partial charge in [-0.2, -0.15) is 0 Å². The summed E-state index contributed by atoms with van der Waals surface area (Å²) in [5.41, 5.74) is 11.1. The maximum atomic E-state index is 13.1. The van der Waals surface area contributed by atoms with Crippen molar-refractivity contribution in [1.82, 2.24) is 31.2 Å². The van der Waals surface area contributed by atoms with Gasteiger partial charge in [-0.1, -0.05) is 0 Å². The third-order valence-corrected chi connectivity index (χ3v) is 5.83. The molecule has 1 aromatic heterocycles. The average molecular weight is 538 g/mol. The van der Waals surface area contributed by atoms with Crippen molar-refractivity contribution in [3.63, 3.8) is 0 Å². The number of nitrogens with two attached hydrogens (primary N) is 2. The van der Waals surface area contributed by atoms with Gasteiger partial charge >= 0.3 is 11.9 Å². The van der Waals surface area contributed by atoms with Gasteiger partial charge in [-0.05, 0) is 38.6 Å². The Morgan fingerprint density at radius 2 is 1.74 bits per heavy atom. The number of aromatic amines is 1. The highest BCUT2D eigenvalue weighted by atomic mass is 16.4. The minimum Gasteiger partial charge on any atom is -0.481 e. The van der Waals surface area contributed by atoms with E-state index in [1.807, 2.05) is 0 Å². The quantitative estimate of drug-likeness (QED) is 0.0588. The summed E-state index contributed by atoms with van der Waals surface area (Å²) in [5.74, 6) is -4.62. The lowest BCUT2D eigenvalue weighted by Crippen LogP contribution is -2.57. The molecule has 0 aromatic carbocycles. The number of aromatic nitrogens is 2. The first-order chi connectivity index (χ1) is 18.1. The Morgan fingerprint density at radius 3 is 2.29 bits per heavy atom. The summed E-state index contributed by atoms with van der Waals surface area (Å²) in [5, 5.41) is 29.2. The molecule has 16 heteroatoms. The summed E-state index contributed by atoms with van der Waals surface area (Å²) < 4.78 is 0.